The van der Waals surface area contributed by atoms with Gasteiger partial charge in [-0.15, -0.1) is 0 Å². The van der Waals surface area contributed by atoms with Crippen molar-refractivity contribution in [2.75, 3.05) is 0 Å². The molecule has 1 heterocycles. The first-order valence-electron chi connectivity index (χ1n) is 5.46. The van der Waals surface area contributed by atoms with Crippen molar-refractivity contribution in [3.05, 3.63) is 48.5 Å². The SMILES string of the molecule is c1ccc2c(c1)ccc1c2ccc2n[se]nc21. The minimum atomic E-state index is 0.0439. The van der Waals surface area contributed by atoms with Crippen LogP contribution in [0.15, 0.2) is 48.5 Å². The molecule has 80 valence electrons. The molecule has 0 fully saturated rings. The molecule has 0 aliphatic carbocycles. The fourth-order valence-corrected chi connectivity index (χ4v) is 3.49. The summed E-state index contributed by atoms with van der Waals surface area (Å²) in [7, 11) is 0. The standard InChI is InChI=1S/C14H8N2Se/c1-2-4-10-9(3-1)5-6-12-11(10)7-8-13-14(12)16-17-15-13/h1-8H. The van der Waals surface area contributed by atoms with Crippen LogP contribution in [-0.2, 0) is 0 Å². The van der Waals surface area contributed by atoms with Crippen molar-refractivity contribution in [3.8, 4) is 0 Å². The number of benzene rings is 3. The Morgan fingerprint density at radius 3 is 2.59 bits per heavy atom. The molecule has 0 radical (unpaired) electrons. The topological polar surface area (TPSA) is 25.8 Å². The molecule has 0 N–H and O–H groups in total. The van der Waals surface area contributed by atoms with Gasteiger partial charge < -0.3 is 0 Å². The Bertz CT molecular complexity index is 848. The van der Waals surface area contributed by atoms with Gasteiger partial charge in [-0.25, -0.2) is 0 Å². The minimum absolute atomic E-state index is 0.0439. The monoisotopic (exact) mass is 284 g/mol. The fraction of sp³-hybridized carbons (Fsp3) is 0. The van der Waals surface area contributed by atoms with E-state index >= 15 is 0 Å². The second kappa shape index (κ2) is 3.39. The van der Waals surface area contributed by atoms with E-state index in [1.807, 2.05) is 0 Å². The Balaban J connectivity index is 2.34. The van der Waals surface area contributed by atoms with Gasteiger partial charge in [0, 0.05) is 0 Å². The quantitative estimate of drug-likeness (QED) is 0.366. The third-order valence-corrected chi connectivity index (χ3v) is 4.29. The summed E-state index contributed by atoms with van der Waals surface area (Å²) in [5, 5.41) is 5.07. The van der Waals surface area contributed by atoms with Gasteiger partial charge in [0.25, 0.3) is 0 Å². The maximum absolute atomic E-state index is 4.53. The van der Waals surface area contributed by atoms with Crippen LogP contribution in [0, 0.1) is 0 Å². The van der Waals surface area contributed by atoms with Crippen molar-refractivity contribution in [1.29, 1.82) is 0 Å². The molecule has 0 spiro atoms. The van der Waals surface area contributed by atoms with Crippen LogP contribution in [0.1, 0.15) is 0 Å². The van der Waals surface area contributed by atoms with Crippen LogP contribution in [0.25, 0.3) is 32.6 Å². The number of fused-ring (bicyclic) bond motifs is 5. The predicted molar refractivity (Wildman–Crippen MR) is 71.5 cm³/mol. The van der Waals surface area contributed by atoms with Crippen LogP contribution in [0.2, 0.25) is 0 Å². The first kappa shape index (κ1) is 9.34. The van der Waals surface area contributed by atoms with Gasteiger partial charge in [-0.2, -0.15) is 0 Å². The second-order valence-corrected chi connectivity index (χ2v) is 5.19. The van der Waals surface area contributed by atoms with E-state index in [1.54, 1.807) is 0 Å². The molecule has 2 nitrogen and oxygen atoms in total. The molecule has 17 heavy (non-hydrogen) atoms. The van der Waals surface area contributed by atoms with E-state index < -0.39 is 0 Å². The molecule has 0 unspecified atom stereocenters. The first-order chi connectivity index (χ1) is 8.43. The van der Waals surface area contributed by atoms with Crippen molar-refractivity contribution >= 4 is 47.5 Å². The van der Waals surface area contributed by atoms with Crippen LogP contribution < -0.4 is 0 Å². The third kappa shape index (κ3) is 1.27. The van der Waals surface area contributed by atoms with E-state index in [4.69, 9.17) is 0 Å². The molecule has 4 aromatic rings. The zero-order valence-corrected chi connectivity index (χ0v) is 10.6. The molecule has 3 aromatic carbocycles. The number of rotatable bonds is 0. The van der Waals surface area contributed by atoms with Gasteiger partial charge in [-0.3, -0.25) is 0 Å². The second-order valence-electron chi connectivity index (χ2n) is 4.08. The van der Waals surface area contributed by atoms with Gasteiger partial charge >= 0.3 is 104 Å². The van der Waals surface area contributed by atoms with Gasteiger partial charge in [0.15, 0.2) is 0 Å². The summed E-state index contributed by atoms with van der Waals surface area (Å²) in [6.45, 7) is 0. The Morgan fingerprint density at radius 1 is 0.706 bits per heavy atom. The molecule has 4 rings (SSSR count). The average Bonchev–Trinajstić information content (AvgIpc) is 2.86. The molecule has 1 aromatic heterocycles. The molecular weight excluding hydrogens is 275 g/mol. The van der Waals surface area contributed by atoms with Crippen molar-refractivity contribution in [3.63, 3.8) is 0 Å². The Labute approximate surface area is 104 Å². The van der Waals surface area contributed by atoms with E-state index in [2.05, 4.69) is 56.5 Å². The van der Waals surface area contributed by atoms with Gasteiger partial charge in [0.2, 0.25) is 0 Å². The Morgan fingerprint density at radius 2 is 1.59 bits per heavy atom. The van der Waals surface area contributed by atoms with Gasteiger partial charge in [-0.1, -0.05) is 0 Å². The summed E-state index contributed by atoms with van der Waals surface area (Å²) >= 11 is 0.0439. The zero-order valence-electron chi connectivity index (χ0n) is 8.92. The van der Waals surface area contributed by atoms with E-state index in [9.17, 15) is 0 Å². The predicted octanol–water partition coefficient (Wildman–Crippen LogP) is 2.99. The summed E-state index contributed by atoms with van der Waals surface area (Å²) in [5.74, 6) is 0. The summed E-state index contributed by atoms with van der Waals surface area (Å²) in [4.78, 5) is 0. The molecule has 0 saturated heterocycles. The van der Waals surface area contributed by atoms with E-state index in [1.165, 1.54) is 21.5 Å². The van der Waals surface area contributed by atoms with Crippen LogP contribution in [0.5, 0.6) is 0 Å². The van der Waals surface area contributed by atoms with Gasteiger partial charge in [0.05, 0.1) is 0 Å². The van der Waals surface area contributed by atoms with Crippen LogP contribution in [0.4, 0.5) is 0 Å². The van der Waals surface area contributed by atoms with Gasteiger partial charge in [0.1, 0.15) is 0 Å². The van der Waals surface area contributed by atoms with E-state index in [0.717, 1.165) is 11.0 Å². The van der Waals surface area contributed by atoms with Crippen molar-refractivity contribution in [2.24, 2.45) is 0 Å². The molecule has 0 aliphatic rings. The normalized spacial score (nSPS) is 11.5. The summed E-state index contributed by atoms with van der Waals surface area (Å²) < 4.78 is 8.96. The Kier molecular flexibility index (Phi) is 1.86. The first-order valence-corrected chi connectivity index (χ1v) is 6.99. The van der Waals surface area contributed by atoms with Crippen molar-refractivity contribution in [1.82, 2.24) is 7.96 Å². The van der Waals surface area contributed by atoms with Gasteiger partial charge in [-0.05, 0) is 0 Å². The Hall–Kier alpha value is -1.70. The maximum atomic E-state index is 4.53. The summed E-state index contributed by atoms with van der Waals surface area (Å²) in [6, 6.07) is 17.1. The molecular formula is C14H8N2Se. The van der Waals surface area contributed by atoms with Crippen molar-refractivity contribution in [2.45, 2.75) is 0 Å². The molecule has 3 heteroatoms. The number of nitrogens with zero attached hydrogens (tertiary/aromatic N) is 2. The molecule has 0 aliphatic heterocycles. The number of aromatic nitrogens is 2. The van der Waals surface area contributed by atoms with E-state index in [-0.39, 0.29) is 15.0 Å². The molecule has 0 saturated carbocycles. The fourth-order valence-electron chi connectivity index (χ4n) is 2.34. The summed E-state index contributed by atoms with van der Waals surface area (Å²) in [6.07, 6.45) is 0. The zero-order chi connectivity index (χ0) is 11.2. The van der Waals surface area contributed by atoms with Crippen LogP contribution in [0.3, 0.4) is 0 Å². The average molecular weight is 283 g/mol. The summed E-state index contributed by atoms with van der Waals surface area (Å²) in [5.41, 5.74) is 2.13. The molecule has 0 amide bonds. The third-order valence-electron chi connectivity index (χ3n) is 3.15. The van der Waals surface area contributed by atoms with Crippen molar-refractivity contribution < 1.29 is 0 Å². The molecule has 0 atom stereocenters. The van der Waals surface area contributed by atoms with E-state index in [0.29, 0.717) is 0 Å². The number of hydrogen-bond acceptors (Lipinski definition) is 2. The molecule has 0 bridgehead atoms. The number of hydrogen-bond donors (Lipinski definition) is 0. The van der Waals surface area contributed by atoms with Crippen LogP contribution in [-0.4, -0.2) is 22.9 Å². The van der Waals surface area contributed by atoms with Crippen LogP contribution >= 0.6 is 0 Å².